The lowest BCUT2D eigenvalue weighted by Gasteiger charge is -2.33. The molecule has 0 radical (unpaired) electrons. The maximum Gasteiger partial charge on any atom is 0.225 e. The fourth-order valence-electron chi connectivity index (χ4n) is 2.86. The SMILES string of the molecule is CN(C)C(=O)C1CCN(C(=O)CCC(C)(C)CCN)CC1. The highest BCUT2D eigenvalue weighted by Crippen LogP contribution is 2.27. The summed E-state index contributed by atoms with van der Waals surface area (Å²) in [5.41, 5.74) is 5.73. The van der Waals surface area contributed by atoms with Crippen molar-refractivity contribution >= 4 is 11.8 Å². The largest absolute Gasteiger partial charge is 0.349 e. The molecule has 5 nitrogen and oxygen atoms in total. The standard InChI is InChI=1S/C16H31N3O2/c1-16(2,9-10-17)8-5-14(20)19-11-6-13(7-12-19)15(21)18(3)4/h13H,5-12,17H2,1-4H3. The zero-order chi connectivity index (χ0) is 16.0. The van der Waals surface area contributed by atoms with Crippen LogP contribution in [0.5, 0.6) is 0 Å². The third kappa shape index (κ3) is 5.65. The molecule has 0 aromatic heterocycles. The van der Waals surface area contributed by atoms with E-state index in [2.05, 4.69) is 13.8 Å². The Morgan fingerprint density at radius 2 is 1.76 bits per heavy atom. The summed E-state index contributed by atoms with van der Waals surface area (Å²) in [5.74, 6) is 0.486. The molecule has 1 rings (SSSR count). The summed E-state index contributed by atoms with van der Waals surface area (Å²) in [7, 11) is 3.58. The molecule has 1 heterocycles. The number of hydrogen-bond donors (Lipinski definition) is 1. The van der Waals surface area contributed by atoms with Crippen molar-refractivity contribution in [3.8, 4) is 0 Å². The van der Waals surface area contributed by atoms with E-state index in [1.165, 1.54) is 0 Å². The summed E-state index contributed by atoms with van der Waals surface area (Å²) in [5, 5.41) is 0. The zero-order valence-corrected chi connectivity index (χ0v) is 14.0. The van der Waals surface area contributed by atoms with Gasteiger partial charge in [0.1, 0.15) is 0 Å². The first kappa shape index (κ1) is 18.0. The predicted octanol–water partition coefficient (Wildman–Crippen LogP) is 1.47. The number of carbonyl (C=O) groups is 2. The van der Waals surface area contributed by atoms with Crippen LogP contribution in [-0.2, 0) is 9.59 Å². The van der Waals surface area contributed by atoms with Gasteiger partial charge in [-0.1, -0.05) is 13.8 Å². The van der Waals surface area contributed by atoms with E-state index >= 15 is 0 Å². The van der Waals surface area contributed by atoms with Crippen molar-refractivity contribution in [2.75, 3.05) is 33.7 Å². The molecule has 1 aliphatic heterocycles. The first-order valence-corrected chi connectivity index (χ1v) is 7.96. The number of piperidine rings is 1. The molecule has 2 N–H and O–H groups in total. The zero-order valence-electron chi connectivity index (χ0n) is 14.0. The van der Waals surface area contributed by atoms with Gasteiger partial charge in [0.15, 0.2) is 0 Å². The Morgan fingerprint density at radius 1 is 1.19 bits per heavy atom. The molecule has 0 aliphatic carbocycles. The molecule has 0 aromatic carbocycles. The van der Waals surface area contributed by atoms with Crippen molar-refractivity contribution in [3.05, 3.63) is 0 Å². The van der Waals surface area contributed by atoms with Crippen molar-refractivity contribution < 1.29 is 9.59 Å². The summed E-state index contributed by atoms with van der Waals surface area (Å²) in [6.45, 7) is 6.41. The molecule has 122 valence electrons. The number of rotatable bonds is 6. The van der Waals surface area contributed by atoms with Crippen LogP contribution in [0.2, 0.25) is 0 Å². The number of amides is 2. The fourth-order valence-corrected chi connectivity index (χ4v) is 2.86. The fraction of sp³-hybridized carbons (Fsp3) is 0.875. The van der Waals surface area contributed by atoms with E-state index in [9.17, 15) is 9.59 Å². The second-order valence-electron chi connectivity index (χ2n) is 7.09. The van der Waals surface area contributed by atoms with Crippen molar-refractivity contribution in [3.63, 3.8) is 0 Å². The quantitative estimate of drug-likeness (QED) is 0.807. The highest BCUT2D eigenvalue weighted by Gasteiger charge is 2.28. The smallest absolute Gasteiger partial charge is 0.225 e. The number of likely N-dealkylation sites (tertiary alicyclic amines) is 1. The maximum atomic E-state index is 12.3. The lowest BCUT2D eigenvalue weighted by molar-refractivity contribution is -0.139. The molecular formula is C16H31N3O2. The lowest BCUT2D eigenvalue weighted by Crippen LogP contribution is -2.42. The van der Waals surface area contributed by atoms with Crippen LogP contribution in [-0.4, -0.2) is 55.3 Å². The molecule has 0 bridgehead atoms. The summed E-state index contributed by atoms with van der Waals surface area (Å²) in [4.78, 5) is 27.7. The first-order chi connectivity index (χ1) is 9.76. The highest BCUT2D eigenvalue weighted by atomic mass is 16.2. The van der Waals surface area contributed by atoms with Gasteiger partial charge in [0.25, 0.3) is 0 Å². The van der Waals surface area contributed by atoms with Crippen molar-refractivity contribution in [2.24, 2.45) is 17.1 Å². The third-order valence-electron chi connectivity index (χ3n) is 4.47. The van der Waals surface area contributed by atoms with Gasteiger partial charge in [0, 0.05) is 39.5 Å². The van der Waals surface area contributed by atoms with Crippen LogP contribution in [0.3, 0.4) is 0 Å². The second kappa shape index (κ2) is 7.78. The first-order valence-electron chi connectivity index (χ1n) is 7.96. The van der Waals surface area contributed by atoms with Gasteiger partial charge >= 0.3 is 0 Å². The molecule has 0 spiro atoms. The third-order valence-corrected chi connectivity index (χ3v) is 4.47. The van der Waals surface area contributed by atoms with Crippen LogP contribution in [0.25, 0.3) is 0 Å². The van der Waals surface area contributed by atoms with Crippen molar-refractivity contribution in [2.45, 2.75) is 46.0 Å². The van der Waals surface area contributed by atoms with E-state index in [1.54, 1.807) is 19.0 Å². The lowest BCUT2D eigenvalue weighted by atomic mass is 9.84. The summed E-state index contributed by atoms with van der Waals surface area (Å²) >= 11 is 0. The average Bonchev–Trinajstić information content (AvgIpc) is 2.44. The Labute approximate surface area is 128 Å². The van der Waals surface area contributed by atoms with Crippen LogP contribution in [0.15, 0.2) is 0 Å². The van der Waals surface area contributed by atoms with Crippen LogP contribution in [0.1, 0.15) is 46.0 Å². The van der Waals surface area contributed by atoms with Gasteiger partial charge in [-0.3, -0.25) is 9.59 Å². The van der Waals surface area contributed by atoms with Gasteiger partial charge in [-0.05, 0) is 37.6 Å². The molecule has 5 heteroatoms. The van der Waals surface area contributed by atoms with Crippen LogP contribution >= 0.6 is 0 Å². The number of nitrogens with zero attached hydrogens (tertiary/aromatic N) is 2. The van der Waals surface area contributed by atoms with Gasteiger partial charge in [-0.15, -0.1) is 0 Å². The Bertz CT molecular complexity index is 359. The van der Waals surface area contributed by atoms with Gasteiger partial charge in [-0.25, -0.2) is 0 Å². The Hall–Kier alpha value is -1.10. The molecule has 0 unspecified atom stereocenters. The van der Waals surface area contributed by atoms with Crippen molar-refractivity contribution in [1.82, 2.24) is 9.80 Å². The Kier molecular flexibility index (Phi) is 6.65. The Balaban J connectivity index is 2.37. The number of hydrogen-bond acceptors (Lipinski definition) is 3. The maximum absolute atomic E-state index is 12.3. The number of nitrogens with two attached hydrogens (primary N) is 1. The van der Waals surface area contributed by atoms with Gasteiger partial charge in [-0.2, -0.15) is 0 Å². The number of carbonyl (C=O) groups excluding carboxylic acids is 2. The summed E-state index contributed by atoms with van der Waals surface area (Å²) in [6, 6.07) is 0. The van der Waals surface area contributed by atoms with Gasteiger partial charge < -0.3 is 15.5 Å². The molecule has 1 aliphatic rings. The summed E-state index contributed by atoms with van der Waals surface area (Å²) in [6.07, 6.45) is 3.97. The molecular weight excluding hydrogens is 266 g/mol. The minimum absolute atomic E-state index is 0.0812. The molecule has 0 saturated carbocycles. The van der Waals surface area contributed by atoms with Crippen LogP contribution in [0.4, 0.5) is 0 Å². The van der Waals surface area contributed by atoms with E-state index in [4.69, 9.17) is 5.73 Å². The monoisotopic (exact) mass is 297 g/mol. The van der Waals surface area contributed by atoms with E-state index < -0.39 is 0 Å². The summed E-state index contributed by atoms with van der Waals surface area (Å²) < 4.78 is 0. The predicted molar refractivity (Wildman–Crippen MR) is 84.7 cm³/mol. The minimum atomic E-state index is 0.0812. The molecule has 1 fully saturated rings. The highest BCUT2D eigenvalue weighted by molar-refractivity contribution is 5.79. The topological polar surface area (TPSA) is 66.6 Å². The molecule has 2 amide bonds. The van der Waals surface area contributed by atoms with Crippen LogP contribution in [0, 0.1) is 11.3 Å². The van der Waals surface area contributed by atoms with Gasteiger partial charge in [0.2, 0.25) is 11.8 Å². The normalized spacial score (nSPS) is 16.9. The molecule has 21 heavy (non-hydrogen) atoms. The van der Waals surface area contributed by atoms with E-state index in [0.29, 0.717) is 26.1 Å². The molecule has 1 saturated heterocycles. The molecule has 0 atom stereocenters. The van der Waals surface area contributed by atoms with Crippen molar-refractivity contribution in [1.29, 1.82) is 0 Å². The van der Waals surface area contributed by atoms with Gasteiger partial charge in [0.05, 0.1) is 0 Å². The van der Waals surface area contributed by atoms with E-state index in [0.717, 1.165) is 25.7 Å². The van der Waals surface area contributed by atoms with E-state index in [1.807, 2.05) is 4.90 Å². The molecule has 0 aromatic rings. The van der Waals surface area contributed by atoms with E-state index in [-0.39, 0.29) is 23.1 Å². The minimum Gasteiger partial charge on any atom is -0.349 e. The average molecular weight is 297 g/mol. The van der Waals surface area contributed by atoms with Crippen LogP contribution < -0.4 is 5.73 Å². The second-order valence-corrected chi connectivity index (χ2v) is 7.09. The Morgan fingerprint density at radius 3 is 2.24 bits per heavy atom.